The molecule has 3 aliphatic heterocycles. The highest BCUT2D eigenvalue weighted by Gasteiger charge is 2.45. The largest absolute Gasteiger partial charge is 0.419 e. The van der Waals surface area contributed by atoms with E-state index in [4.69, 9.17) is 0 Å². The van der Waals surface area contributed by atoms with Crippen LogP contribution in [0.2, 0.25) is 0 Å². The number of rotatable bonds is 5. The highest BCUT2D eigenvalue weighted by molar-refractivity contribution is 5.92. The monoisotopic (exact) mass is 430 g/mol. The number of alkyl halides is 3. The van der Waals surface area contributed by atoms with Gasteiger partial charge in [-0.2, -0.15) is 13.2 Å². The molecule has 3 saturated heterocycles. The van der Waals surface area contributed by atoms with Gasteiger partial charge < -0.3 is 10.6 Å². The molecule has 3 aliphatic rings. The molecule has 30 heavy (non-hydrogen) atoms. The van der Waals surface area contributed by atoms with Gasteiger partial charge >= 0.3 is 6.18 Å². The zero-order valence-corrected chi connectivity index (χ0v) is 17.1. The molecule has 2 amide bonds. The van der Waals surface area contributed by atoms with Crippen LogP contribution in [0.4, 0.5) is 23.2 Å². The smallest absolute Gasteiger partial charge is 0.350 e. The molecule has 2 unspecified atom stereocenters. The van der Waals surface area contributed by atoms with Gasteiger partial charge in [0.25, 0.3) is 0 Å². The van der Waals surface area contributed by atoms with Gasteiger partial charge in [-0.3, -0.25) is 19.4 Å². The minimum atomic E-state index is -4.83. The Labute approximate surface area is 172 Å². The lowest BCUT2D eigenvalue weighted by Gasteiger charge is -2.56. The molecule has 0 saturated carbocycles. The second kappa shape index (κ2) is 8.14. The minimum Gasteiger partial charge on any atom is -0.350 e. The topological polar surface area (TPSA) is 64.7 Å². The van der Waals surface area contributed by atoms with E-state index in [1.165, 1.54) is 0 Å². The number of hydrogen-bond donors (Lipinski definition) is 2. The van der Waals surface area contributed by atoms with Crippen molar-refractivity contribution >= 4 is 17.5 Å². The first-order valence-electron chi connectivity index (χ1n) is 9.77. The van der Waals surface area contributed by atoms with Crippen LogP contribution >= 0.6 is 0 Å². The fourth-order valence-electron chi connectivity index (χ4n) is 4.01. The molecule has 1 aromatic carbocycles. The molecular weight excluding hydrogens is 404 g/mol. The molecule has 6 nitrogen and oxygen atoms in total. The van der Waals surface area contributed by atoms with E-state index in [0.717, 1.165) is 12.5 Å². The lowest BCUT2D eigenvalue weighted by atomic mass is 9.87. The van der Waals surface area contributed by atoms with Crippen LogP contribution in [0, 0.1) is 5.82 Å². The first-order chi connectivity index (χ1) is 13.8. The number of amides is 2. The summed E-state index contributed by atoms with van der Waals surface area (Å²) in [5.41, 5.74) is -1.81. The van der Waals surface area contributed by atoms with Crippen LogP contribution in [0.5, 0.6) is 0 Å². The van der Waals surface area contributed by atoms with Crippen molar-refractivity contribution in [1.29, 1.82) is 0 Å². The van der Waals surface area contributed by atoms with Crippen LogP contribution in [0.1, 0.15) is 32.8 Å². The molecule has 2 atom stereocenters. The van der Waals surface area contributed by atoms with Crippen LogP contribution in [0.3, 0.4) is 0 Å². The highest BCUT2D eigenvalue weighted by atomic mass is 19.4. The van der Waals surface area contributed by atoms with Gasteiger partial charge in [-0.05, 0) is 45.4 Å². The number of piperazine rings is 1. The number of carbonyl (C=O) groups is 2. The summed E-state index contributed by atoms with van der Waals surface area (Å²) < 4.78 is 51.8. The normalized spacial score (nSPS) is 22.4. The number of hydrogen-bond acceptors (Lipinski definition) is 4. The van der Waals surface area contributed by atoms with Crippen LogP contribution in [-0.2, 0) is 15.8 Å². The van der Waals surface area contributed by atoms with E-state index >= 15 is 0 Å². The standard InChI is InChI=1S/C20H26F4N4O2/c1-19(2,3)26-18(30)11-28-13-7-14(28)9-27(8-13)10-17(29)25-12-4-5-16(21)15(6-12)20(22,23)24/h4-6,13-14H,7-11H2,1-3H3,(H,25,29)(H,26,30). The van der Waals surface area contributed by atoms with Crippen molar-refractivity contribution in [1.82, 2.24) is 15.1 Å². The van der Waals surface area contributed by atoms with Crippen LogP contribution < -0.4 is 10.6 Å². The number of fused-ring (bicyclic) bond motifs is 2. The van der Waals surface area contributed by atoms with Crippen molar-refractivity contribution in [2.45, 2.75) is 51.0 Å². The van der Waals surface area contributed by atoms with Crippen molar-refractivity contribution in [2.75, 3.05) is 31.5 Å². The summed E-state index contributed by atoms with van der Waals surface area (Å²) in [6.07, 6.45) is -3.88. The predicted octanol–water partition coefficient (Wildman–Crippen LogP) is 2.46. The van der Waals surface area contributed by atoms with Crippen molar-refractivity contribution in [3.05, 3.63) is 29.6 Å². The summed E-state index contributed by atoms with van der Waals surface area (Å²) in [5, 5.41) is 5.33. The molecular formula is C20H26F4N4O2. The fraction of sp³-hybridized carbons (Fsp3) is 0.600. The Morgan fingerprint density at radius 2 is 1.70 bits per heavy atom. The molecule has 3 heterocycles. The van der Waals surface area contributed by atoms with Gasteiger partial charge in [0.05, 0.1) is 18.7 Å². The first kappa shape index (κ1) is 22.5. The van der Waals surface area contributed by atoms with Crippen LogP contribution in [0.25, 0.3) is 0 Å². The number of benzene rings is 1. The summed E-state index contributed by atoms with van der Waals surface area (Å²) >= 11 is 0. The van der Waals surface area contributed by atoms with Crippen LogP contribution in [-0.4, -0.2) is 65.4 Å². The Bertz CT molecular complexity index is 810. The Balaban J connectivity index is 1.50. The minimum absolute atomic E-state index is 0.0216. The molecule has 0 aliphatic carbocycles. The summed E-state index contributed by atoms with van der Waals surface area (Å²) in [7, 11) is 0. The Hall–Kier alpha value is -2.20. The molecule has 4 rings (SSSR count). The second-order valence-corrected chi connectivity index (χ2v) is 8.95. The maximum absolute atomic E-state index is 13.4. The van der Waals surface area contributed by atoms with E-state index in [1.54, 1.807) is 0 Å². The lowest BCUT2D eigenvalue weighted by Crippen LogP contribution is -2.70. The SMILES string of the molecule is CC(C)(C)NC(=O)CN1C2CC1CN(CC(=O)Nc1ccc(F)c(C(F)(F)F)c1)C2. The zero-order valence-electron chi connectivity index (χ0n) is 17.1. The zero-order chi connectivity index (χ0) is 22.3. The maximum Gasteiger partial charge on any atom is 0.419 e. The molecule has 3 fully saturated rings. The van der Waals surface area contributed by atoms with Crippen LogP contribution in [0.15, 0.2) is 18.2 Å². The van der Waals surface area contributed by atoms with E-state index in [1.807, 2.05) is 25.7 Å². The number of piperidine rings is 1. The van der Waals surface area contributed by atoms with Crippen molar-refractivity contribution < 1.29 is 27.2 Å². The summed E-state index contributed by atoms with van der Waals surface area (Å²) in [6, 6.07) is 2.73. The molecule has 1 aromatic rings. The summed E-state index contributed by atoms with van der Waals surface area (Å²) in [6.45, 7) is 7.28. The highest BCUT2D eigenvalue weighted by Crippen LogP contribution is 2.33. The number of carbonyl (C=O) groups excluding carboxylic acids is 2. The molecule has 2 N–H and O–H groups in total. The van der Waals surface area contributed by atoms with E-state index in [0.29, 0.717) is 31.8 Å². The lowest BCUT2D eigenvalue weighted by molar-refractivity contribution is -0.140. The predicted molar refractivity (Wildman–Crippen MR) is 103 cm³/mol. The van der Waals surface area contributed by atoms with Gasteiger partial charge in [0, 0.05) is 36.4 Å². The van der Waals surface area contributed by atoms with Crippen molar-refractivity contribution in [3.8, 4) is 0 Å². The van der Waals surface area contributed by atoms with Gasteiger partial charge in [-0.15, -0.1) is 0 Å². The van der Waals surface area contributed by atoms with E-state index in [-0.39, 0.29) is 35.8 Å². The van der Waals surface area contributed by atoms with E-state index < -0.39 is 23.5 Å². The average Bonchev–Trinajstić information content (AvgIpc) is 2.59. The summed E-state index contributed by atoms with van der Waals surface area (Å²) in [5.74, 6) is -1.89. The van der Waals surface area contributed by atoms with Crippen molar-refractivity contribution in [2.24, 2.45) is 0 Å². The number of halogens is 4. The number of nitrogens with zero attached hydrogens (tertiary/aromatic N) is 2. The molecule has 10 heteroatoms. The van der Waals surface area contributed by atoms with Gasteiger partial charge in [0.1, 0.15) is 5.82 Å². The number of anilines is 1. The average molecular weight is 430 g/mol. The molecule has 166 valence electrons. The van der Waals surface area contributed by atoms with Crippen molar-refractivity contribution in [3.63, 3.8) is 0 Å². The van der Waals surface area contributed by atoms with E-state index in [9.17, 15) is 27.2 Å². The third-order valence-electron chi connectivity index (χ3n) is 5.18. The third kappa shape index (κ3) is 5.48. The quantitative estimate of drug-likeness (QED) is 0.705. The molecule has 2 bridgehead atoms. The third-order valence-corrected chi connectivity index (χ3v) is 5.18. The first-order valence-corrected chi connectivity index (χ1v) is 9.77. The molecule has 0 aromatic heterocycles. The maximum atomic E-state index is 13.4. The van der Waals surface area contributed by atoms with Gasteiger partial charge in [0.2, 0.25) is 11.8 Å². The molecule has 0 spiro atoms. The van der Waals surface area contributed by atoms with Gasteiger partial charge in [-0.25, -0.2) is 4.39 Å². The van der Waals surface area contributed by atoms with E-state index in [2.05, 4.69) is 15.5 Å². The Kier molecular flexibility index (Phi) is 6.10. The Morgan fingerprint density at radius 3 is 2.27 bits per heavy atom. The molecule has 0 radical (unpaired) electrons. The Morgan fingerprint density at radius 1 is 1.07 bits per heavy atom. The van der Waals surface area contributed by atoms with Gasteiger partial charge in [0.15, 0.2) is 0 Å². The number of nitrogens with one attached hydrogen (secondary N) is 2. The summed E-state index contributed by atoms with van der Waals surface area (Å²) in [4.78, 5) is 28.4. The van der Waals surface area contributed by atoms with Gasteiger partial charge in [-0.1, -0.05) is 0 Å². The second-order valence-electron chi connectivity index (χ2n) is 8.95. The fourth-order valence-corrected chi connectivity index (χ4v) is 4.01.